The predicted octanol–water partition coefficient (Wildman–Crippen LogP) is 5.38. The van der Waals surface area contributed by atoms with Crippen molar-refractivity contribution in [3.05, 3.63) is 82.1 Å². The van der Waals surface area contributed by atoms with Gasteiger partial charge in [-0.2, -0.15) is 0 Å². The minimum Gasteiger partial charge on any atom is -0.489 e. The highest BCUT2D eigenvalue weighted by Gasteiger charge is 2.18. The second-order valence-electron chi connectivity index (χ2n) is 7.58. The molecule has 2 aromatic carbocycles. The molecule has 7 nitrogen and oxygen atoms in total. The molecular formula is C25H23N3O4S. The van der Waals surface area contributed by atoms with E-state index in [-0.39, 0.29) is 18.1 Å². The minimum atomic E-state index is -0.206. The molecule has 0 radical (unpaired) electrons. The fourth-order valence-corrected chi connectivity index (χ4v) is 4.22. The number of aryl methyl sites for hydroxylation is 2. The molecule has 4 aromatic rings. The summed E-state index contributed by atoms with van der Waals surface area (Å²) >= 11 is 1.19. The van der Waals surface area contributed by atoms with Crippen molar-refractivity contribution in [2.45, 2.75) is 33.8 Å². The molecule has 0 saturated heterocycles. The molecule has 1 amide bonds. The van der Waals surface area contributed by atoms with Gasteiger partial charge in [0.1, 0.15) is 18.1 Å². The number of hydrogen-bond donors (Lipinski definition) is 1. The van der Waals surface area contributed by atoms with Crippen LogP contribution in [0.1, 0.15) is 39.2 Å². The topological polar surface area (TPSA) is 94.3 Å². The van der Waals surface area contributed by atoms with Crippen LogP contribution in [-0.2, 0) is 17.8 Å². The van der Waals surface area contributed by atoms with Gasteiger partial charge in [-0.3, -0.25) is 9.59 Å². The summed E-state index contributed by atoms with van der Waals surface area (Å²) in [5.41, 5.74) is 4.01. The Morgan fingerprint density at radius 2 is 1.79 bits per heavy atom. The Labute approximate surface area is 195 Å². The van der Waals surface area contributed by atoms with Crippen molar-refractivity contribution >= 4 is 28.2 Å². The fourth-order valence-electron chi connectivity index (χ4n) is 3.32. The molecule has 8 heteroatoms. The third-order valence-electron chi connectivity index (χ3n) is 5.09. The van der Waals surface area contributed by atoms with E-state index < -0.39 is 0 Å². The standard InChI is InChI=1S/C25H23N3O4S/c1-15-21(17(3)32-28-15)14-31-20-11-9-18(10-12-20)13-22(30)26-25-27-23(24(33-25)16(2)29)19-7-5-4-6-8-19/h4-12H,13-14H2,1-3H3,(H,26,27,30). The third kappa shape index (κ3) is 5.35. The van der Waals surface area contributed by atoms with Crippen molar-refractivity contribution in [1.29, 1.82) is 0 Å². The number of hydrogen-bond acceptors (Lipinski definition) is 7. The molecule has 2 heterocycles. The van der Waals surface area contributed by atoms with E-state index in [1.54, 1.807) is 0 Å². The first-order valence-electron chi connectivity index (χ1n) is 10.4. The van der Waals surface area contributed by atoms with Crippen molar-refractivity contribution in [2.75, 3.05) is 5.32 Å². The Balaban J connectivity index is 1.38. The van der Waals surface area contributed by atoms with E-state index in [4.69, 9.17) is 9.26 Å². The van der Waals surface area contributed by atoms with Crippen LogP contribution in [0, 0.1) is 13.8 Å². The number of rotatable bonds is 8. The molecule has 0 atom stereocenters. The van der Waals surface area contributed by atoms with Crippen molar-refractivity contribution in [3.8, 4) is 17.0 Å². The first-order valence-corrected chi connectivity index (χ1v) is 11.2. The fraction of sp³-hybridized carbons (Fsp3) is 0.200. The van der Waals surface area contributed by atoms with Gasteiger partial charge in [0.05, 0.1) is 28.2 Å². The monoisotopic (exact) mass is 461 g/mol. The highest BCUT2D eigenvalue weighted by Crippen LogP contribution is 2.31. The summed E-state index contributed by atoms with van der Waals surface area (Å²) in [4.78, 5) is 29.7. The number of anilines is 1. The molecule has 168 valence electrons. The molecular weight excluding hydrogens is 438 g/mol. The average Bonchev–Trinajstić information content (AvgIpc) is 3.37. The molecule has 0 bridgehead atoms. The molecule has 1 N–H and O–H groups in total. The summed E-state index contributed by atoms with van der Waals surface area (Å²) in [6, 6.07) is 16.8. The zero-order valence-electron chi connectivity index (χ0n) is 18.5. The van der Waals surface area contributed by atoms with E-state index in [0.717, 1.165) is 28.1 Å². The number of nitrogens with one attached hydrogen (secondary N) is 1. The summed E-state index contributed by atoms with van der Waals surface area (Å²) in [7, 11) is 0. The highest BCUT2D eigenvalue weighted by atomic mass is 32.1. The minimum absolute atomic E-state index is 0.0842. The smallest absolute Gasteiger partial charge is 0.230 e. The van der Waals surface area contributed by atoms with Crippen LogP contribution in [0.3, 0.4) is 0 Å². The van der Waals surface area contributed by atoms with Crippen LogP contribution in [0.25, 0.3) is 11.3 Å². The molecule has 0 fully saturated rings. The van der Waals surface area contributed by atoms with Crippen LogP contribution in [0.5, 0.6) is 5.75 Å². The number of carbonyl (C=O) groups excluding carboxylic acids is 2. The van der Waals surface area contributed by atoms with E-state index >= 15 is 0 Å². The first-order chi connectivity index (χ1) is 15.9. The van der Waals surface area contributed by atoms with Crippen molar-refractivity contribution in [3.63, 3.8) is 0 Å². The number of nitrogens with zero attached hydrogens (tertiary/aromatic N) is 2. The molecule has 4 rings (SSSR count). The summed E-state index contributed by atoms with van der Waals surface area (Å²) < 4.78 is 11.0. The van der Waals surface area contributed by atoms with E-state index in [2.05, 4.69) is 15.5 Å². The van der Waals surface area contributed by atoms with Gasteiger partial charge in [0.2, 0.25) is 5.91 Å². The summed E-state index contributed by atoms with van der Waals surface area (Å²) in [5.74, 6) is 1.14. The number of thiazole rings is 1. The zero-order valence-corrected chi connectivity index (χ0v) is 19.4. The van der Waals surface area contributed by atoms with E-state index in [1.807, 2.05) is 68.4 Å². The average molecular weight is 462 g/mol. The molecule has 0 spiro atoms. The Bertz CT molecular complexity index is 1260. The molecule has 0 aliphatic heterocycles. The van der Waals surface area contributed by atoms with E-state index in [0.29, 0.717) is 28.1 Å². The number of Topliss-reactive ketones (excluding diaryl/α,β-unsaturated/α-hetero) is 1. The number of aromatic nitrogens is 2. The molecule has 0 aliphatic carbocycles. The van der Waals surface area contributed by atoms with Crippen molar-refractivity contribution < 1.29 is 18.8 Å². The van der Waals surface area contributed by atoms with Gasteiger partial charge in [0.25, 0.3) is 0 Å². The Hall–Kier alpha value is -3.78. The number of benzene rings is 2. The second kappa shape index (κ2) is 9.79. The largest absolute Gasteiger partial charge is 0.489 e. The molecule has 33 heavy (non-hydrogen) atoms. The second-order valence-corrected chi connectivity index (χ2v) is 8.58. The van der Waals surface area contributed by atoms with Gasteiger partial charge in [0, 0.05) is 12.5 Å². The summed E-state index contributed by atoms with van der Waals surface area (Å²) in [5, 5.41) is 7.14. The Morgan fingerprint density at radius 1 is 1.06 bits per heavy atom. The van der Waals surface area contributed by atoms with Crippen LogP contribution in [-0.4, -0.2) is 21.8 Å². The van der Waals surface area contributed by atoms with Gasteiger partial charge in [-0.15, -0.1) is 0 Å². The van der Waals surface area contributed by atoms with Gasteiger partial charge in [0.15, 0.2) is 10.9 Å². The maximum atomic E-state index is 12.6. The van der Waals surface area contributed by atoms with Gasteiger partial charge in [-0.25, -0.2) is 4.98 Å². The lowest BCUT2D eigenvalue weighted by molar-refractivity contribution is -0.115. The van der Waals surface area contributed by atoms with Crippen molar-refractivity contribution in [2.24, 2.45) is 0 Å². The molecule has 0 saturated carbocycles. The van der Waals surface area contributed by atoms with Crippen LogP contribution in [0.4, 0.5) is 5.13 Å². The summed E-state index contributed by atoms with van der Waals surface area (Å²) in [6.45, 7) is 5.60. The van der Waals surface area contributed by atoms with Gasteiger partial charge in [-0.05, 0) is 31.5 Å². The van der Waals surface area contributed by atoms with E-state index in [1.165, 1.54) is 18.3 Å². The number of carbonyl (C=O) groups is 2. The quantitative estimate of drug-likeness (QED) is 0.354. The lowest BCUT2D eigenvalue weighted by atomic mass is 10.1. The highest BCUT2D eigenvalue weighted by molar-refractivity contribution is 7.18. The van der Waals surface area contributed by atoms with E-state index in [9.17, 15) is 9.59 Å². The van der Waals surface area contributed by atoms with Crippen LogP contribution in [0.15, 0.2) is 59.1 Å². The summed E-state index contributed by atoms with van der Waals surface area (Å²) in [6.07, 6.45) is 0.180. The normalized spacial score (nSPS) is 10.8. The number of amides is 1. The lowest BCUT2D eigenvalue weighted by Gasteiger charge is -2.07. The number of ketones is 1. The SMILES string of the molecule is CC(=O)c1sc(NC(=O)Cc2ccc(OCc3c(C)noc3C)cc2)nc1-c1ccccc1. The maximum Gasteiger partial charge on any atom is 0.230 e. The van der Waals surface area contributed by atoms with Gasteiger partial charge in [-0.1, -0.05) is 59.0 Å². The molecule has 2 aromatic heterocycles. The third-order valence-corrected chi connectivity index (χ3v) is 6.16. The molecule has 0 aliphatic rings. The lowest BCUT2D eigenvalue weighted by Crippen LogP contribution is -2.14. The van der Waals surface area contributed by atoms with Gasteiger partial charge < -0.3 is 14.6 Å². The zero-order chi connectivity index (χ0) is 23.4. The van der Waals surface area contributed by atoms with Crippen molar-refractivity contribution in [1.82, 2.24) is 10.1 Å². The molecule has 0 unspecified atom stereocenters. The first kappa shape index (κ1) is 22.4. The van der Waals surface area contributed by atoms with Crippen LogP contribution >= 0.6 is 11.3 Å². The van der Waals surface area contributed by atoms with Crippen LogP contribution in [0.2, 0.25) is 0 Å². The Kier molecular flexibility index (Phi) is 6.65. The van der Waals surface area contributed by atoms with Gasteiger partial charge >= 0.3 is 0 Å². The number of ether oxygens (including phenoxy) is 1. The Morgan fingerprint density at radius 3 is 2.42 bits per heavy atom. The van der Waals surface area contributed by atoms with Crippen LogP contribution < -0.4 is 10.1 Å². The predicted molar refractivity (Wildman–Crippen MR) is 127 cm³/mol. The maximum absolute atomic E-state index is 12.6.